The van der Waals surface area contributed by atoms with Crippen molar-refractivity contribution in [2.24, 2.45) is 34.8 Å². The quantitative estimate of drug-likeness (QED) is 0.667. The molecule has 0 unspecified atom stereocenters. The number of rotatable bonds is 5. The molecule has 1 aromatic carbocycles. The predicted octanol–water partition coefficient (Wildman–Crippen LogP) is 2.84. The second-order valence-electron chi connectivity index (χ2n) is 9.20. The summed E-state index contributed by atoms with van der Waals surface area (Å²) in [6.07, 6.45) is 8.50. The van der Waals surface area contributed by atoms with E-state index in [-0.39, 0.29) is 46.9 Å². The Kier molecular flexibility index (Phi) is 4.82. The van der Waals surface area contributed by atoms with Gasteiger partial charge in [0, 0.05) is 17.1 Å². The van der Waals surface area contributed by atoms with Crippen LogP contribution in [-0.4, -0.2) is 35.8 Å². The molecule has 2 amide bonds. The minimum atomic E-state index is -0.353. The molecule has 29 heavy (non-hydrogen) atoms. The third-order valence-corrected chi connectivity index (χ3v) is 8.28. The van der Waals surface area contributed by atoms with Crippen molar-refractivity contribution in [3.63, 3.8) is 0 Å². The molecule has 2 saturated carbocycles. The lowest BCUT2D eigenvalue weighted by Gasteiger charge is -2.38. The van der Waals surface area contributed by atoms with Gasteiger partial charge < -0.3 is 16.0 Å². The number of nitrogens with two attached hydrogens (primary N) is 1. The third-order valence-electron chi connectivity index (χ3n) is 7.75. The molecule has 154 valence electrons. The summed E-state index contributed by atoms with van der Waals surface area (Å²) in [7, 11) is 0. The van der Waals surface area contributed by atoms with Crippen LogP contribution < -0.4 is 11.1 Å². The first-order valence-electron chi connectivity index (χ1n) is 10.7. The monoisotopic (exact) mass is 457 g/mol. The van der Waals surface area contributed by atoms with Crippen molar-refractivity contribution < 1.29 is 9.59 Å². The van der Waals surface area contributed by atoms with Gasteiger partial charge in [0.1, 0.15) is 0 Å². The highest BCUT2D eigenvalue weighted by Gasteiger charge is 2.70. The zero-order valence-corrected chi connectivity index (χ0v) is 18.1. The summed E-state index contributed by atoms with van der Waals surface area (Å²) in [5, 5.41) is 3.40. The number of piperidine rings is 1. The fourth-order valence-corrected chi connectivity index (χ4v) is 6.47. The van der Waals surface area contributed by atoms with Gasteiger partial charge in [0.25, 0.3) is 0 Å². The smallest absolute Gasteiger partial charge is 0.227 e. The van der Waals surface area contributed by atoms with Crippen LogP contribution in [0.1, 0.15) is 31.2 Å². The molecular formula is C23H28BrN3O2. The number of carbonyl (C=O) groups excluding carboxylic acids is 2. The van der Waals surface area contributed by atoms with Crippen LogP contribution in [0.25, 0.3) is 0 Å². The molecule has 6 heteroatoms. The van der Waals surface area contributed by atoms with Crippen LogP contribution in [-0.2, 0) is 16.1 Å². The molecule has 4 aliphatic rings. The number of allylic oxidation sites excluding steroid dienone is 2. The molecule has 1 aromatic rings. The predicted molar refractivity (Wildman–Crippen MR) is 115 cm³/mol. The Labute approximate surface area is 180 Å². The van der Waals surface area contributed by atoms with Crippen molar-refractivity contribution in [1.29, 1.82) is 0 Å². The highest BCUT2D eigenvalue weighted by molar-refractivity contribution is 9.10. The number of nitrogens with one attached hydrogen (secondary N) is 1. The summed E-state index contributed by atoms with van der Waals surface area (Å²) in [5.74, 6) is -0.496. The van der Waals surface area contributed by atoms with E-state index in [4.69, 9.17) is 5.73 Å². The summed E-state index contributed by atoms with van der Waals surface area (Å²) >= 11 is 3.49. The van der Waals surface area contributed by atoms with Gasteiger partial charge in [-0.1, -0.05) is 40.2 Å². The van der Waals surface area contributed by atoms with Crippen LogP contribution in [0.5, 0.6) is 0 Å². The number of halogens is 1. The van der Waals surface area contributed by atoms with E-state index in [1.54, 1.807) is 0 Å². The van der Waals surface area contributed by atoms with Crippen molar-refractivity contribution in [1.82, 2.24) is 10.2 Å². The minimum Gasteiger partial charge on any atom is -0.369 e. The van der Waals surface area contributed by atoms with E-state index >= 15 is 0 Å². The van der Waals surface area contributed by atoms with Gasteiger partial charge in [-0.25, -0.2) is 0 Å². The van der Waals surface area contributed by atoms with Gasteiger partial charge in [-0.05, 0) is 73.7 Å². The molecule has 1 aliphatic heterocycles. The zero-order valence-electron chi connectivity index (χ0n) is 16.5. The van der Waals surface area contributed by atoms with E-state index in [2.05, 4.69) is 50.4 Å². The Hall–Kier alpha value is -1.66. The molecule has 3 N–H and O–H groups in total. The lowest BCUT2D eigenvalue weighted by atomic mass is 9.81. The largest absolute Gasteiger partial charge is 0.369 e. The van der Waals surface area contributed by atoms with Gasteiger partial charge in [0.15, 0.2) is 0 Å². The van der Waals surface area contributed by atoms with Crippen molar-refractivity contribution in [2.45, 2.75) is 38.3 Å². The maximum Gasteiger partial charge on any atom is 0.227 e. The Morgan fingerprint density at radius 2 is 1.69 bits per heavy atom. The van der Waals surface area contributed by atoms with Crippen molar-refractivity contribution >= 4 is 27.7 Å². The fourth-order valence-electron chi connectivity index (χ4n) is 6.20. The van der Waals surface area contributed by atoms with Crippen LogP contribution in [0.4, 0.5) is 0 Å². The highest BCUT2D eigenvalue weighted by Crippen LogP contribution is 2.72. The summed E-state index contributed by atoms with van der Waals surface area (Å²) < 4.78 is 1.03. The molecule has 0 aromatic heterocycles. The first-order valence-corrected chi connectivity index (χ1v) is 11.5. The van der Waals surface area contributed by atoms with E-state index in [0.29, 0.717) is 6.54 Å². The lowest BCUT2D eigenvalue weighted by molar-refractivity contribution is -0.145. The number of nitrogens with zero attached hydrogens (tertiary/aromatic N) is 1. The Morgan fingerprint density at radius 1 is 1.07 bits per heavy atom. The van der Waals surface area contributed by atoms with Gasteiger partial charge in [-0.3, -0.25) is 9.59 Å². The fraction of sp³-hybridized carbons (Fsp3) is 0.565. The molecule has 1 spiro atoms. The van der Waals surface area contributed by atoms with Crippen LogP contribution in [0.3, 0.4) is 0 Å². The highest BCUT2D eigenvalue weighted by atomic mass is 79.9. The summed E-state index contributed by atoms with van der Waals surface area (Å²) in [6, 6.07) is 8.39. The van der Waals surface area contributed by atoms with Crippen molar-refractivity contribution in [2.75, 3.05) is 13.1 Å². The average molecular weight is 458 g/mol. The summed E-state index contributed by atoms with van der Waals surface area (Å²) in [5.41, 5.74) is 7.11. The van der Waals surface area contributed by atoms with Crippen molar-refractivity contribution in [3.05, 3.63) is 46.5 Å². The zero-order chi connectivity index (χ0) is 20.2. The van der Waals surface area contributed by atoms with Crippen LogP contribution in [0.2, 0.25) is 0 Å². The second-order valence-corrected chi connectivity index (χ2v) is 10.1. The van der Waals surface area contributed by atoms with Gasteiger partial charge in [-0.2, -0.15) is 0 Å². The molecular weight excluding hydrogens is 430 g/mol. The molecule has 2 bridgehead atoms. The minimum absolute atomic E-state index is 0.131. The molecule has 5 nitrogen and oxygen atoms in total. The molecule has 3 aliphatic carbocycles. The molecule has 4 atom stereocenters. The standard InChI is InChI=1S/C23H28BrN3O2/c24-15-3-1-14(2-4-15)13-27(16-7-11-26-12-8-16)22(29)20-18-6-5-17(19(20)21(25)28)23(18)9-10-23/h1-6,16-20,26H,7-13H2,(H2,25,28)/t17-,18+,19-,20-/m1/s1. The van der Waals surface area contributed by atoms with Crippen LogP contribution >= 0.6 is 15.9 Å². The van der Waals surface area contributed by atoms with Gasteiger partial charge in [-0.15, -0.1) is 0 Å². The van der Waals surface area contributed by atoms with Gasteiger partial charge in [0.05, 0.1) is 11.8 Å². The summed E-state index contributed by atoms with van der Waals surface area (Å²) in [6.45, 7) is 2.44. The number of primary amides is 1. The topological polar surface area (TPSA) is 75.4 Å². The Morgan fingerprint density at radius 3 is 2.28 bits per heavy atom. The maximum atomic E-state index is 14.0. The lowest BCUT2D eigenvalue weighted by Crippen LogP contribution is -2.50. The number of hydrogen-bond donors (Lipinski definition) is 2. The first-order chi connectivity index (χ1) is 14.0. The second kappa shape index (κ2) is 7.24. The van der Waals surface area contributed by atoms with Crippen LogP contribution in [0, 0.1) is 29.1 Å². The van der Waals surface area contributed by atoms with Crippen LogP contribution in [0.15, 0.2) is 40.9 Å². The Bertz CT molecular complexity index is 842. The van der Waals surface area contributed by atoms with Gasteiger partial charge in [0.2, 0.25) is 11.8 Å². The number of amides is 2. The van der Waals surface area contributed by atoms with E-state index in [1.165, 1.54) is 0 Å². The number of carbonyl (C=O) groups is 2. The molecule has 0 radical (unpaired) electrons. The number of hydrogen-bond acceptors (Lipinski definition) is 3. The molecule has 1 heterocycles. The van der Waals surface area contributed by atoms with E-state index < -0.39 is 0 Å². The normalized spacial score (nSPS) is 31.9. The average Bonchev–Trinajstić information content (AvgIpc) is 3.40. The van der Waals surface area contributed by atoms with E-state index in [1.807, 2.05) is 12.1 Å². The molecule has 3 fully saturated rings. The molecule has 1 saturated heterocycles. The number of benzene rings is 1. The third kappa shape index (κ3) is 3.15. The SMILES string of the molecule is NC(=O)[C@H]1[C@H](C(=O)N(Cc2ccc(Br)cc2)C2CCNCC2)[C@@H]2C=C[C@H]1C21CC1. The van der Waals surface area contributed by atoms with E-state index in [9.17, 15) is 9.59 Å². The Balaban J connectivity index is 1.46. The summed E-state index contributed by atoms with van der Waals surface area (Å²) in [4.78, 5) is 28.5. The van der Waals surface area contributed by atoms with Gasteiger partial charge >= 0.3 is 0 Å². The molecule has 5 rings (SSSR count). The maximum absolute atomic E-state index is 14.0. The first kappa shape index (κ1) is 19.3. The van der Waals surface area contributed by atoms with Crippen molar-refractivity contribution in [3.8, 4) is 0 Å². The van der Waals surface area contributed by atoms with E-state index in [0.717, 1.165) is 48.8 Å².